The molecule has 1 aromatic carbocycles. The van der Waals surface area contributed by atoms with Crippen LogP contribution in [0.5, 0.6) is 0 Å². The van der Waals surface area contributed by atoms with Gasteiger partial charge in [0.2, 0.25) is 5.91 Å². The highest BCUT2D eigenvalue weighted by atomic mass is 79.9. The number of amides is 1. The van der Waals surface area contributed by atoms with Gasteiger partial charge in [-0.3, -0.25) is 4.79 Å². The number of fused-ring (bicyclic) bond motifs is 1. The summed E-state index contributed by atoms with van der Waals surface area (Å²) in [5.74, 6) is 0.650. The Morgan fingerprint density at radius 1 is 1.27 bits per heavy atom. The van der Waals surface area contributed by atoms with Crippen LogP contribution in [0.2, 0.25) is 0 Å². The predicted octanol–water partition coefficient (Wildman–Crippen LogP) is 4.73. The number of hydrogen-bond donors (Lipinski definition) is 2. The first-order chi connectivity index (χ1) is 15.8. The first kappa shape index (κ1) is 24.4. The van der Waals surface area contributed by atoms with Gasteiger partial charge in [0.15, 0.2) is 5.82 Å². The highest BCUT2D eigenvalue weighted by molar-refractivity contribution is 9.10. The van der Waals surface area contributed by atoms with E-state index in [1.807, 2.05) is 12.5 Å². The van der Waals surface area contributed by atoms with E-state index in [1.165, 1.54) is 37.1 Å². The van der Waals surface area contributed by atoms with Gasteiger partial charge in [0.1, 0.15) is 0 Å². The van der Waals surface area contributed by atoms with Gasteiger partial charge >= 0.3 is 0 Å². The molecule has 2 atom stereocenters. The maximum atomic E-state index is 13.2. The van der Waals surface area contributed by atoms with Crippen molar-refractivity contribution in [2.75, 3.05) is 25.0 Å². The number of aromatic nitrogens is 2. The zero-order valence-corrected chi connectivity index (χ0v) is 21.8. The number of carbonyl (C=O) groups excluding carboxylic acids is 1. The molecule has 1 saturated heterocycles. The molecule has 2 aliphatic rings. The van der Waals surface area contributed by atoms with E-state index in [9.17, 15) is 4.79 Å². The van der Waals surface area contributed by atoms with Crippen LogP contribution in [-0.2, 0) is 23.2 Å². The van der Waals surface area contributed by atoms with Gasteiger partial charge in [-0.05, 0) is 88.7 Å². The molecule has 0 radical (unpaired) electrons. The van der Waals surface area contributed by atoms with E-state index in [4.69, 9.17) is 0 Å². The third-order valence-corrected chi connectivity index (χ3v) is 7.56. The number of carbonyl (C=O) groups is 1. The van der Waals surface area contributed by atoms with Crippen molar-refractivity contribution >= 4 is 27.7 Å². The van der Waals surface area contributed by atoms with Gasteiger partial charge in [-0.25, -0.2) is 4.98 Å². The lowest BCUT2D eigenvalue weighted by Gasteiger charge is -2.31. The van der Waals surface area contributed by atoms with Crippen LogP contribution in [-0.4, -0.2) is 52.1 Å². The highest BCUT2D eigenvalue weighted by Gasteiger charge is 2.28. The van der Waals surface area contributed by atoms with Gasteiger partial charge in [0.05, 0.1) is 17.9 Å². The summed E-state index contributed by atoms with van der Waals surface area (Å²) in [6, 6.07) is 6.65. The molecule has 0 spiro atoms. The number of nitrogens with one attached hydrogen (secondary N) is 2. The first-order valence-corrected chi connectivity index (χ1v) is 13.2. The summed E-state index contributed by atoms with van der Waals surface area (Å²) in [6.45, 7) is 9.95. The molecule has 2 aromatic rings. The SMILES string of the molecule is CCCC(NC1CCc2cc(Br)ccc2C1)C(=O)Nc1cn(C(C)(C)CN2CCCC2)cn1. The number of likely N-dealkylation sites (tertiary alicyclic amines) is 1. The number of rotatable bonds is 9. The molecule has 1 aromatic heterocycles. The summed E-state index contributed by atoms with van der Waals surface area (Å²) in [4.78, 5) is 20.2. The number of anilines is 1. The quantitative estimate of drug-likeness (QED) is 0.506. The minimum atomic E-state index is -0.209. The van der Waals surface area contributed by atoms with Gasteiger partial charge in [0.25, 0.3) is 0 Å². The third kappa shape index (κ3) is 6.25. The molecule has 1 fully saturated rings. The fourth-order valence-corrected chi connectivity index (χ4v) is 5.64. The molecule has 6 nitrogen and oxygen atoms in total. The van der Waals surface area contributed by atoms with Crippen LogP contribution in [0.3, 0.4) is 0 Å². The molecule has 2 heterocycles. The molecule has 0 saturated carbocycles. The van der Waals surface area contributed by atoms with Crippen LogP contribution >= 0.6 is 15.9 Å². The summed E-state index contributed by atoms with van der Waals surface area (Å²) in [7, 11) is 0. The third-order valence-electron chi connectivity index (χ3n) is 7.07. The van der Waals surface area contributed by atoms with Crippen molar-refractivity contribution in [2.45, 2.75) is 83.3 Å². The Hall–Kier alpha value is -1.70. The number of halogens is 1. The van der Waals surface area contributed by atoms with E-state index in [0.29, 0.717) is 11.9 Å². The lowest BCUT2D eigenvalue weighted by Crippen LogP contribution is -2.47. The fraction of sp³-hybridized carbons (Fsp3) is 0.615. The molecule has 33 heavy (non-hydrogen) atoms. The van der Waals surface area contributed by atoms with Gasteiger partial charge in [0, 0.05) is 23.3 Å². The average molecular weight is 517 g/mol. The molecule has 2 N–H and O–H groups in total. The van der Waals surface area contributed by atoms with E-state index in [0.717, 1.165) is 43.1 Å². The standard InChI is InChI=1S/C26H38BrN5O/c1-4-7-23(29-22-11-9-19-14-21(27)10-8-20(19)15-22)25(33)30-24-16-32(18-28-24)26(2,3)17-31-12-5-6-13-31/h8,10,14,16,18,22-23,29H,4-7,9,11-13,15,17H2,1-3H3,(H,30,33). The van der Waals surface area contributed by atoms with Crippen molar-refractivity contribution in [3.05, 3.63) is 46.3 Å². The Bertz CT molecular complexity index is 950. The van der Waals surface area contributed by atoms with Crippen molar-refractivity contribution in [3.63, 3.8) is 0 Å². The lowest BCUT2D eigenvalue weighted by molar-refractivity contribution is -0.118. The Labute approximate surface area is 206 Å². The second kappa shape index (κ2) is 10.7. The molecular formula is C26H38BrN5O. The molecule has 2 unspecified atom stereocenters. The number of hydrogen-bond acceptors (Lipinski definition) is 4. The number of imidazole rings is 1. The van der Waals surface area contributed by atoms with E-state index in [-0.39, 0.29) is 17.5 Å². The van der Waals surface area contributed by atoms with Crippen molar-refractivity contribution in [1.82, 2.24) is 19.8 Å². The van der Waals surface area contributed by atoms with Gasteiger partial charge in [-0.15, -0.1) is 0 Å². The Morgan fingerprint density at radius 2 is 2.06 bits per heavy atom. The molecule has 7 heteroatoms. The van der Waals surface area contributed by atoms with Crippen LogP contribution in [0.1, 0.15) is 64.0 Å². The maximum absolute atomic E-state index is 13.2. The van der Waals surface area contributed by atoms with Crippen molar-refractivity contribution in [1.29, 1.82) is 0 Å². The van der Waals surface area contributed by atoms with Crippen molar-refractivity contribution in [2.24, 2.45) is 0 Å². The Kier molecular flexibility index (Phi) is 7.92. The van der Waals surface area contributed by atoms with Crippen LogP contribution in [0.15, 0.2) is 35.2 Å². The number of nitrogens with zero attached hydrogens (tertiary/aromatic N) is 3. The second-order valence-corrected chi connectivity index (χ2v) is 11.2. The summed E-state index contributed by atoms with van der Waals surface area (Å²) in [6.07, 6.45) is 11.2. The smallest absolute Gasteiger partial charge is 0.242 e. The highest BCUT2D eigenvalue weighted by Crippen LogP contribution is 2.26. The molecular weight excluding hydrogens is 478 g/mol. The second-order valence-electron chi connectivity index (χ2n) is 10.3. The van der Waals surface area contributed by atoms with Crippen molar-refractivity contribution in [3.8, 4) is 0 Å². The monoisotopic (exact) mass is 515 g/mol. The topological polar surface area (TPSA) is 62.2 Å². The summed E-state index contributed by atoms with van der Waals surface area (Å²) in [5, 5.41) is 6.73. The zero-order chi connectivity index (χ0) is 23.4. The summed E-state index contributed by atoms with van der Waals surface area (Å²) < 4.78 is 3.28. The molecule has 180 valence electrons. The largest absolute Gasteiger partial charge is 0.328 e. The average Bonchev–Trinajstić information content (AvgIpc) is 3.46. The van der Waals surface area contributed by atoms with E-state index >= 15 is 0 Å². The zero-order valence-electron chi connectivity index (χ0n) is 20.2. The first-order valence-electron chi connectivity index (χ1n) is 12.4. The van der Waals surface area contributed by atoms with E-state index in [2.05, 4.69) is 80.0 Å². The van der Waals surface area contributed by atoms with Crippen LogP contribution in [0, 0.1) is 0 Å². The Morgan fingerprint density at radius 3 is 2.82 bits per heavy atom. The lowest BCUT2D eigenvalue weighted by atomic mass is 9.88. The molecule has 1 amide bonds. The molecule has 1 aliphatic carbocycles. The minimum absolute atomic E-state index is 0.0149. The molecule has 1 aliphatic heterocycles. The predicted molar refractivity (Wildman–Crippen MR) is 138 cm³/mol. The van der Waals surface area contributed by atoms with Crippen LogP contribution < -0.4 is 10.6 Å². The van der Waals surface area contributed by atoms with Crippen molar-refractivity contribution < 1.29 is 4.79 Å². The van der Waals surface area contributed by atoms with Gasteiger partial charge in [-0.1, -0.05) is 35.3 Å². The van der Waals surface area contributed by atoms with E-state index < -0.39 is 0 Å². The van der Waals surface area contributed by atoms with Gasteiger partial charge < -0.3 is 20.1 Å². The summed E-state index contributed by atoms with van der Waals surface area (Å²) >= 11 is 3.57. The minimum Gasteiger partial charge on any atom is -0.328 e. The van der Waals surface area contributed by atoms with Gasteiger partial charge in [-0.2, -0.15) is 0 Å². The molecule has 0 bridgehead atoms. The fourth-order valence-electron chi connectivity index (χ4n) is 5.23. The number of benzene rings is 1. The Balaban J connectivity index is 1.36. The van der Waals surface area contributed by atoms with E-state index in [1.54, 1.807) is 0 Å². The number of aryl methyl sites for hydroxylation is 1. The normalized spacial score (nSPS) is 19.9. The summed E-state index contributed by atoms with van der Waals surface area (Å²) in [5.41, 5.74) is 2.74. The van der Waals surface area contributed by atoms with Crippen LogP contribution in [0.25, 0.3) is 0 Å². The molecule has 4 rings (SSSR count). The van der Waals surface area contributed by atoms with Crippen LogP contribution in [0.4, 0.5) is 5.82 Å². The maximum Gasteiger partial charge on any atom is 0.242 e.